The second kappa shape index (κ2) is 18.0. The zero-order valence-corrected chi connectivity index (χ0v) is 17.5. The molecule has 0 aliphatic carbocycles. The van der Waals surface area contributed by atoms with Gasteiger partial charge < -0.3 is 14.8 Å². The summed E-state index contributed by atoms with van der Waals surface area (Å²) in [7, 11) is 0. The van der Waals surface area contributed by atoms with Crippen LogP contribution >= 0.6 is 0 Å². The fraction of sp³-hybridized carbons (Fsp3) is 0.857. The molecule has 0 fully saturated rings. The van der Waals surface area contributed by atoms with Crippen LogP contribution in [0.15, 0.2) is 0 Å². The first-order chi connectivity index (χ1) is 13.0. The highest BCUT2D eigenvalue weighted by molar-refractivity contribution is 5.79. The molecule has 1 atom stereocenters. The number of carbonyl (C=O) groups is 3. The maximum Gasteiger partial charge on any atom is 0.323 e. The molecule has 0 aliphatic heterocycles. The first-order valence-corrected chi connectivity index (χ1v) is 10.6. The summed E-state index contributed by atoms with van der Waals surface area (Å²) in [5.74, 6) is -0.146. The van der Waals surface area contributed by atoms with Gasteiger partial charge >= 0.3 is 11.9 Å². The quantitative estimate of drug-likeness (QED) is 0.284. The van der Waals surface area contributed by atoms with E-state index in [4.69, 9.17) is 9.47 Å². The molecule has 6 heteroatoms. The molecule has 0 amide bonds. The van der Waals surface area contributed by atoms with E-state index < -0.39 is 0 Å². The van der Waals surface area contributed by atoms with Gasteiger partial charge in [0.25, 0.3) is 0 Å². The van der Waals surface area contributed by atoms with Crippen LogP contribution in [0.1, 0.15) is 91.4 Å². The lowest BCUT2D eigenvalue weighted by Crippen LogP contribution is -2.39. The maximum atomic E-state index is 12.1. The lowest BCUT2D eigenvalue weighted by molar-refractivity contribution is -0.146. The fourth-order valence-electron chi connectivity index (χ4n) is 2.83. The zero-order valence-electron chi connectivity index (χ0n) is 17.5. The number of hydrogen-bond acceptors (Lipinski definition) is 6. The molecule has 0 radical (unpaired) electrons. The van der Waals surface area contributed by atoms with E-state index in [-0.39, 0.29) is 23.8 Å². The highest BCUT2D eigenvalue weighted by Gasteiger charge is 2.18. The molecule has 1 N–H and O–H groups in total. The van der Waals surface area contributed by atoms with Gasteiger partial charge in [0.1, 0.15) is 11.8 Å². The number of esters is 2. The Kier molecular flexibility index (Phi) is 17.0. The van der Waals surface area contributed by atoms with Crippen LogP contribution in [-0.4, -0.2) is 43.5 Å². The molecule has 0 rings (SSSR count). The molecule has 0 bridgehead atoms. The summed E-state index contributed by atoms with van der Waals surface area (Å²) in [6, 6.07) is -0.363. The Bertz CT molecular complexity index is 411. The summed E-state index contributed by atoms with van der Waals surface area (Å²) in [4.78, 5) is 35.2. The van der Waals surface area contributed by atoms with Crippen molar-refractivity contribution in [1.82, 2.24) is 5.32 Å². The molecule has 27 heavy (non-hydrogen) atoms. The van der Waals surface area contributed by atoms with Gasteiger partial charge in [0.05, 0.1) is 13.2 Å². The largest absolute Gasteiger partial charge is 0.466 e. The lowest BCUT2D eigenvalue weighted by Gasteiger charge is -2.17. The summed E-state index contributed by atoms with van der Waals surface area (Å²) in [5, 5.41) is 3.18. The van der Waals surface area contributed by atoms with E-state index in [1.807, 2.05) is 0 Å². The number of ketones is 1. The summed E-state index contributed by atoms with van der Waals surface area (Å²) in [5.41, 5.74) is 0. The van der Waals surface area contributed by atoms with Crippen LogP contribution in [0.25, 0.3) is 0 Å². The van der Waals surface area contributed by atoms with Gasteiger partial charge in [0.2, 0.25) is 0 Å². The van der Waals surface area contributed by atoms with Crippen molar-refractivity contribution in [2.24, 2.45) is 0 Å². The number of hydrogen-bond donors (Lipinski definition) is 1. The molecule has 0 aromatic carbocycles. The van der Waals surface area contributed by atoms with Crippen molar-refractivity contribution in [3.05, 3.63) is 0 Å². The SMILES string of the molecule is CCCCCC(=O)CCNC(CCCCCCC(=O)OCC)C(=O)OCC. The summed E-state index contributed by atoms with van der Waals surface area (Å²) in [6.07, 6.45) is 8.93. The molecule has 0 saturated heterocycles. The molecule has 1 unspecified atom stereocenters. The van der Waals surface area contributed by atoms with Crippen LogP contribution in [-0.2, 0) is 23.9 Å². The van der Waals surface area contributed by atoms with Crippen LogP contribution in [0.4, 0.5) is 0 Å². The van der Waals surface area contributed by atoms with Crippen LogP contribution in [0, 0.1) is 0 Å². The van der Waals surface area contributed by atoms with Gasteiger partial charge in [-0.1, -0.05) is 39.0 Å². The van der Waals surface area contributed by atoms with Gasteiger partial charge in [0, 0.05) is 25.8 Å². The number of rotatable bonds is 18. The van der Waals surface area contributed by atoms with Crippen LogP contribution in [0.2, 0.25) is 0 Å². The van der Waals surface area contributed by atoms with E-state index >= 15 is 0 Å². The summed E-state index contributed by atoms with van der Waals surface area (Å²) >= 11 is 0. The van der Waals surface area contributed by atoms with Gasteiger partial charge in [-0.05, 0) is 33.1 Å². The smallest absolute Gasteiger partial charge is 0.323 e. The molecule has 0 aromatic rings. The number of unbranched alkanes of at least 4 members (excludes halogenated alkanes) is 5. The van der Waals surface area contributed by atoms with Crippen LogP contribution in [0.5, 0.6) is 0 Å². The molecular formula is C21H39NO5. The molecule has 0 saturated carbocycles. The summed E-state index contributed by atoms with van der Waals surface area (Å²) < 4.78 is 10.0. The Morgan fingerprint density at radius 2 is 1.44 bits per heavy atom. The zero-order chi connectivity index (χ0) is 20.3. The summed E-state index contributed by atoms with van der Waals surface area (Å²) in [6.45, 7) is 7.00. The molecule has 0 spiro atoms. The number of Topliss-reactive ketones (excluding diaryl/α,β-unsaturated/α-hetero) is 1. The Morgan fingerprint density at radius 3 is 2.11 bits per heavy atom. The number of nitrogens with one attached hydrogen (secondary N) is 1. The minimum Gasteiger partial charge on any atom is -0.466 e. The molecule has 158 valence electrons. The van der Waals surface area contributed by atoms with Gasteiger partial charge in [0.15, 0.2) is 0 Å². The van der Waals surface area contributed by atoms with E-state index in [2.05, 4.69) is 12.2 Å². The Morgan fingerprint density at radius 1 is 0.778 bits per heavy atom. The van der Waals surface area contributed by atoms with E-state index in [1.54, 1.807) is 13.8 Å². The second-order valence-electron chi connectivity index (χ2n) is 6.76. The first kappa shape index (κ1) is 25.6. The van der Waals surface area contributed by atoms with Crippen molar-refractivity contribution in [2.75, 3.05) is 19.8 Å². The topological polar surface area (TPSA) is 81.7 Å². The van der Waals surface area contributed by atoms with Gasteiger partial charge in [-0.2, -0.15) is 0 Å². The molecular weight excluding hydrogens is 346 g/mol. The van der Waals surface area contributed by atoms with Crippen molar-refractivity contribution in [1.29, 1.82) is 0 Å². The van der Waals surface area contributed by atoms with Crippen molar-refractivity contribution >= 4 is 17.7 Å². The first-order valence-electron chi connectivity index (χ1n) is 10.6. The van der Waals surface area contributed by atoms with Crippen molar-refractivity contribution in [2.45, 2.75) is 97.4 Å². The average molecular weight is 386 g/mol. The standard InChI is InChI=1S/C21H39NO5/c1-4-7-10-13-18(23)16-17-22-19(21(25)27-6-3)14-11-8-9-12-15-20(24)26-5-2/h19,22H,4-17H2,1-3H3. The maximum absolute atomic E-state index is 12.1. The van der Waals surface area contributed by atoms with Crippen molar-refractivity contribution < 1.29 is 23.9 Å². The van der Waals surface area contributed by atoms with Gasteiger partial charge in [-0.25, -0.2) is 0 Å². The van der Waals surface area contributed by atoms with Crippen molar-refractivity contribution in [3.8, 4) is 0 Å². The Labute approximate surface area is 164 Å². The molecule has 0 aliphatic rings. The molecule has 0 heterocycles. The highest BCUT2D eigenvalue weighted by Crippen LogP contribution is 2.10. The molecule has 6 nitrogen and oxygen atoms in total. The van der Waals surface area contributed by atoms with Gasteiger partial charge in [-0.15, -0.1) is 0 Å². The van der Waals surface area contributed by atoms with E-state index in [0.29, 0.717) is 45.4 Å². The van der Waals surface area contributed by atoms with Crippen molar-refractivity contribution in [3.63, 3.8) is 0 Å². The van der Waals surface area contributed by atoms with E-state index in [1.165, 1.54) is 0 Å². The molecule has 0 aromatic heterocycles. The Balaban J connectivity index is 4.02. The predicted octanol–water partition coefficient (Wildman–Crippen LogP) is 3.95. The van der Waals surface area contributed by atoms with E-state index in [9.17, 15) is 14.4 Å². The Hall–Kier alpha value is -1.43. The minimum absolute atomic E-state index is 0.146. The monoisotopic (exact) mass is 385 g/mol. The second-order valence-corrected chi connectivity index (χ2v) is 6.76. The average Bonchev–Trinajstić information content (AvgIpc) is 2.63. The third-order valence-corrected chi connectivity index (χ3v) is 4.35. The number of carbonyl (C=O) groups excluding carboxylic acids is 3. The third-order valence-electron chi connectivity index (χ3n) is 4.35. The highest BCUT2D eigenvalue weighted by atomic mass is 16.5. The van der Waals surface area contributed by atoms with Gasteiger partial charge in [-0.3, -0.25) is 14.4 Å². The predicted molar refractivity (Wildman–Crippen MR) is 107 cm³/mol. The van der Waals surface area contributed by atoms with E-state index in [0.717, 1.165) is 44.9 Å². The van der Waals surface area contributed by atoms with Crippen LogP contribution in [0.3, 0.4) is 0 Å². The minimum atomic E-state index is -0.363. The third kappa shape index (κ3) is 15.3. The lowest BCUT2D eigenvalue weighted by atomic mass is 10.1. The fourth-order valence-corrected chi connectivity index (χ4v) is 2.83. The number of ether oxygens (including phenoxy) is 2. The van der Waals surface area contributed by atoms with Crippen LogP contribution < -0.4 is 5.32 Å². The normalized spacial score (nSPS) is 11.8.